The molecule has 5 nitrogen and oxygen atoms in total. The molecule has 0 spiro atoms. The van der Waals surface area contributed by atoms with Crippen molar-refractivity contribution in [2.75, 3.05) is 13.1 Å². The van der Waals surface area contributed by atoms with Gasteiger partial charge >= 0.3 is 6.18 Å². The van der Waals surface area contributed by atoms with Crippen LogP contribution in [0.3, 0.4) is 0 Å². The molecule has 1 fully saturated rings. The van der Waals surface area contributed by atoms with Crippen molar-refractivity contribution in [2.45, 2.75) is 57.7 Å². The first-order valence-electron chi connectivity index (χ1n) is 10.8. The number of ether oxygens (including phenoxy) is 1. The Bertz CT molecular complexity index is 1050. The van der Waals surface area contributed by atoms with Gasteiger partial charge in [-0.1, -0.05) is 12.1 Å². The number of halogens is 3. The van der Waals surface area contributed by atoms with Crippen LogP contribution in [0.15, 0.2) is 48.7 Å². The van der Waals surface area contributed by atoms with E-state index in [1.807, 2.05) is 38.1 Å². The highest BCUT2D eigenvalue weighted by Crippen LogP contribution is 2.36. The number of benzene rings is 1. The summed E-state index contributed by atoms with van der Waals surface area (Å²) < 4.78 is 47.7. The molecule has 0 amide bonds. The Kier molecular flexibility index (Phi) is 6.18. The van der Waals surface area contributed by atoms with Crippen molar-refractivity contribution in [3.05, 3.63) is 59.9 Å². The number of alkyl halides is 3. The van der Waals surface area contributed by atoms with Gasteiger partial charge in [0.05, 0.1) is 18.2 Å². The molecular weight excluding hydrogens is 419 g/mol. The van der Waals surface area contributed by atoms with Gasteiger partial charge in [-0.3, -0.25) is 4.90 Å². The zero-order chi connectivity index (χ0) is 22.9. The number of hydrogen-bond acceptors (Lipinski definition) is 4. The van der Waals surface area contributed by atoms with Gasteiger partial charge in [0, 0.05) is 31.2 Å². The lowest BCUT2D eigenvalue weighted by Gasteiger charge is -2.39. The topological polar surface area (TPSA) is 50.5 Å². The summed E-state index contributed by atoms with van der Waals surface area (Å²) in [5.74, 6) is 0.824. The fourth-order valence-corrected chi connectivity index (χ4v) is 4.27. The minimum Gasteiger partial charge on any atom is -0.491 e. The van der Waals surface area contributed by atoms with E-state index >= 15 is 0 Å². The van der Waals surface area contributed by atoms with Crippen molar-refractivity contribution in [3.8, 4) is 5.75 Å². The van der Waals surface area contributed by atoms with Gasteiger partial charge in [0.25, 0.3) is 0 Å². The monoisotopic (exact) mass is 447 g/mol. The molecule has 1 N–H and O–H groups in total. The Morgan fingerprint density at radius 3 is 2.44 bits per heavy atom. The lowest BCUT2D eigenvalue weighted by Crippen LogP contribution is -2.46. The van der Waals surface area contributed by atoms with Crippen LogP contribution in [0.4, 0.5) is 13.2 Å². The van der Waals surface area contributed by atoms with E-state index in [2.05, 4.69) is 9.88 Å². The number of fused-ring (bicyclic) bond motifs is 1. The average molecular weight is 448 g/mol. The summed E-state index contributed by atoms with van der Waals surface area (Å²) in [6, 6.07) is 12.3. The fourth-order valence-electron chi connectivity index (χ4n) is 4.27. The average Bonchev–Trinajstić information content (AvgIpc) is 3.10. The van der Waals surface area contributed by atoms with Crippen LogP contribution >= 0.6 is 0 Å². The molecule has 3 aromatic rings. The largest absolute Gasteiger partial charge is 0.491 e. The standard InChI is InChI=1S/C24H28F3N3O2/c1-17(2)32-20-7-5-18(6-8-20)15-29-12-9-23(31,10-13-29)16-30-21(24(25,26)27)14-19-4-3-11-28-22(19)30/h3-8,11,14,17,31H,9-10,12-13,15-16H2,1-2H3. The van der Waals surface area contributed by atoms with Crippen LogP contribution in [0, 0.1) is 0 Å². The molecule has 172 valence electrons. The van der Waals surface area contributed by atoms with E-state index in [0.717, 1.165) is 28.5 Å². The second-order valence-electron chi connectivity index (χ2n) is 8.84. The number of piperidine rings is 1. The Hall–Kier alpha value is -2.58. The van der Waals surface area contributed by atoms with Crippen LogP contribution in [-0.2, 0) is 19.3 Å². The second-order valence-corrected chi connectivity index (χ2v) is 8.84. The number of nitrogens with zero attached hydrogens (tertiary/aromatic N) is 3. The number of likely N-dealkylation sites (tertiary alicyclic amines) is 1. The Morgan fingerprint density at radius 1 is 1.12 bits per heavy atom. The van der Waals surface area contributed by atoms with E-state index in [-0.39, 0.29) is 18.3 Å². The summed E-state index contributed by atoms with van der Waals surface area (Å²) >= 11 is 0. The van der Waals surface area contributed by atoms with Crippen molar-refractivity contribution in [1.29, 1.82) is 0 Å². The molecule has 0 aliphatic carbocycles. The van der Waals surface area contributed by atoms with Crippen LogP contribution in [0.5, 0.6) is 5.75 Å². The minimum absolute atomic E-state index is 0.117. The molecule has 3 heterocycles. The van der Waals surface area contributed by atoms with E-state index in [0.29, 0.717) is 31.3 Å². The Balaban J connectivity index is 1.43. The van der Waals surface area contributed by atoms with E-state index in [4.69, 9.17) is 4.74 Å². The number of aromatic nitrogens is 2. The molecule has 0 saturated carbocycles. The highest BCUT2D eigenvalue weighted by atomic mass is 19.4. The SMILES string of the molecule is CC(C)Oc1ccc(CN2CCC(O)(Cn3c(C(F)(F)F)cc4cccnc43)CC2)cc1. The summed E-state index contributed by atoms with van der Waals surface area (Å²) in [6.07, 6.45) is -2.13. The quantitative estimate of drug-likeness (QED) is 0.586. The van der Waals surface area contributed by atoms with Gasteiger partial charge in [0.15, 0.2) is 0 Å². The van der Waals surface area contributed by atoms with E-state index < -0.39 is 17.5 Å². The summed E-state index contributed by atoms with van der Waals surface area (Å²) in [7, 11) is 0. The maximum atomic E-state index is 13.6. The van der Waals surface area contributed by atoms with Crippen molar-refractivity contribution in [3.63, 3.8) is 0 Å². The normalized spacial score (nSPS) is 17.2. The summed E-state index contributed by atoms with van der Waals surface area (Å²) in [5.41, 5.74) is -0.605. The molecule has 8 heteroatoms. The zero-order valence-corrected chi connectivity index (χ0v) is 18.3. The Morgan fingerprint density at radius 2 is 1.81 bits per heavy atom. The molecule has 1 aromatic carbocycles. The van der Waals surface area contributed by atoms with Crippen LogP contribution < -0.4 is 4.74 Å². The van der Waals surface area contributed by atoms with Gasteiger partial charge in [-0.05, 0) is 62.6 Å². The summed E-state index contributed by atoms with van der Waals surface area (Å²) in [6.45, 7) is 5.76. The summed E-state index contributed by atoms with van der Waals surface area (Å²) in [4.78, 5) is 6.35. The van der Waals surface area contributed by atoms with Gasteiger partial charge in [0.2, 0.25) is 0 Å². The third kappa shape index (κ3) is 5.07. The molecule has 4 rings (SSSR count). The zero-order valence-electron chi connectivity index (χ0n) is 18.3. The fraction of sp³-hybridized carbons (Fsp3) is 0.458. The first-order chi connectivity index (χ1) is 15.1. The summed E-state index contributed by atoms with van der Waals surface area (Å²) in [5, 5.41) is 11.6. The van der Waals surface area contributed by atoms with E-state index in [1.54, 1.807) is 12.1 Å². The maximum Gasteiger partial charge on any atom is 0.431 e. The smallest absolute Gasteiger partial charge is 0.431 e. The van der Waals surface area contributed by atoms with E-state index in [9.17, 15) is 18.3 Å². The maximum absolute atomic E-state index is 13.6. The molecule has 0 unspecified atom stereocenters. The molecule has 1 aliphatic heterocycles. The molecular formula is C24H28F3N3O2. The van der Waals surface area contributed by atoms with Crippen molar-refractivity contribution >= 4 is 11.0 Å². The van der Waals surface area contributed by atoms with Gasteiger partial charge in [0.1, 0.15) is 17.1 Å². The van der Waals surface area contributed by atoms with Gasteiger partial charge in [-0.15, -0.1) is 0 Å². The predicted octanol–water partition coefficient (Wildman–Crippen LogP) is 4.87. The van der Waals surface area contributed by atoms with Crippen molar-refractivity contribution in [2.24, 2.45) is 0 Å². The molecule has 2 aromatic heterocycles. The molecule has 1 saturated heterocycles. The highest BCUT2D eigenvalue weighted by Gasteiger charge is 2.39. The number of aliphatic hydroxyl groups is 1. The minimum atomic E-state index is -4.51. The third-order valence-electron chi connectivity index (χ3n) is 5.89. The number of pyridine rings is 1. The molecule has 0 atom stereocenters. The van der Waals surface area contributed by atoms with Crippen molar-refractivity contribution < 1.29 is 23.0 Å². The van der Waals surface area contributed by atoms with E-state index in [1.165, 1.54) is 6.20 Å². The molecule has 0 bridgehead atoms. The van der Waals surface area contributed by atoms with Gasteiger partial charge < -0.3 is 14.4 Å². The first-order valence-corrected chi connectivity index (χ1v) is 10.8. The van der Waals surface area contributed by atoms with Crippen LogP contribution in [0.2, 0.25) is 0 Å². The van der Waals surface area contributed by atoms with Gasteiger partial charge in [-0.2, -0.15) is 13.2 Å². The Labute approximate surface area is 185 Å². The second kappa shape index (κ2) is 8.75. The third-order valence-corrected chi connectivity index (χ3v) is 5.89. The van der Waals surface area contributed by atoms with Gasteiger partial charge in [-0.25, -0.2) is 4.98 Å². The predicted molar refractivity (Wildman–Crippen MR) is 116 cm³/mol. The molecule has 0 radical (unpaired) electrons. The molecule has 32 heavy (non-hydrogen) atoms. The van der Waals surface area contributed by atoms with Crippen LogP contribution in [0.1, 0.15) is 37.9 Å². The van der Waals surface area contributed by atoms with Crippen LogP contribution in [0.25, 0.3) is 11.0 Å². The lowest BCUT2D eigenvalue weighted by atomic mass is 9.91. The number of hydrogen-bond donors (Lipinski definition) is 1. The number of rotatable bonds is 6. The van der Waals surface area contributed by atoms with Crippen LogP contribution in [-0.4, -0.2) is 44.4 Å². The highest BCUT2D eigenvalue weighted by molar-refractivity contribution is 5.77. The lowest BCUT2D eigenvalue weighted by molar-refractivity contribution is -0.145. The molecule has 1 aliphatic rings. The first kappa shape index (κ1) is 22.6. The van der Waals surface area contributed by atoms with Crippen molar-refractivity contribution in [1.82, 2.24) is 14.5 Å².